The van der Waals surface area contributed by atoms with Gasteiger partial charge in [0.25, 0.3) is 0 Å². The molecule has 0 aliphatic carbocycles. The lowest BCUT2D eigenvalue weighted by atomic mass is 10.1. The number of hydrogen-bond acceptors (Lipinski definition) is 5. The van der Waals surface area contributed by atoms with Gasteiger partial charge in [0.15, 0.2) is 5.65 Å². The van der Waals surface area contributed by atoms with Gasteiger partial charge in [0.1, 0.15) is 17.1 Å². The number of nitrogens with zero attached hydrogens (tertiary/aromatic N) is 3. The second-order valence-electron chi connectivity index (χ2n) is 6.99. The average molecular weight is 425 g/mol. The van der Waals surface area contributed by atoms with Gasteiger partial charge in [-0.3, -0.25) is 9.78 Å². The zero-order chi connectivity index (χ0) is 22.1. The van der Waals surface area contributed by atoms with Gasteiger partial charge in [-0.05, 0) is 42.5 Å². The number of carbonyl (C=O) groups is 1. The van der Waals surface area contributed by atoms with E-state index < -0.39 is 0 Å². The van der Waals surface area contributed by atoms with Crippen molar-refractivity contribution >= 4 is 33.7 Å². The summed E-state index contributed by atoms with van der Waals surface area (Å²) in [5, 5.41) is 3.37. The molecule has 0 spiro atoms. The number of hydrogen-bond donors (Lipinski definition) is 2. The molecule has 0 aliphatic heterocycles. The Hall–Kier alpha value is -4.59. The van der Waals surface area contributed by atoms with E-state index in [1.807, 2.05) is 6.07 Å². The van der Waals surface area contributed by atoms with Crippen LogP contribution in [0, 0.1) is 5.82 Å². The minimum Gasteiger partial charge on any atom is -0.437 e. The second-order valence-corrected chi connectivity index (χ2v) is 6.99. The summed E-state index contributed by atoms with van der Waals surface area (Å²) >= 11 is 0. The van der Waals surface area contributed by atoms with E-state index in [4.69, 9.17) is 4.74 Å². The van der Waals surface area contributed by atoms with Gasteiger partial charge in [0.2, 0.25) is 11.8 Å². The fourth-order valence-electron chi connectivity index (χ4n) is 3.35. The van der Waals surface area contributed by atoms with Crippen molar-refractivity contribution in [3.63, 3.8) is 0 Å². The van der Waals surface area contributed by atoms with Crippen LogP contribution in [0.2, 0.25) is 0 Å². The largest absolute Gasteiger partial charge is 0.437 e. The molecule has 2 N–H and O–H groups in total. The van der Waals surface area contributed by atoms with Gasteiger partial charge in [-0.2, -0.15) is 0 Å². The van der Waals surface area contributed by atoms with Gasteiger partial charge in [0, 0.05) is 40.7 Å². The predicted molar refractivity (Wildman–Crippen MR) is 120 cm³/mol. The number of benzene rings is 2. The number of nitrogens with one attached hydrogen (secondary N) is 2. The zero-order valence-corrected chi connectivity index (χ0v) is 16.7. The lowest BCUT2D eigenvalue weighted by Gasteiger charge is -2.08. The van der Waals surface area contributed by atoms with Crippen LogP contribution in [0.15, 0.2) is 79.8 Å². The van der Waals surface area contributed by atoms with Crippen LogP contribution in [-0.4, -0.2) is 25.8 Å². The number of halogens is 1. The summed E-state index contributed by atoms with van der Waals surface area (Å²) in [6.45, 7) is 3.44. The number of pyridine rings is 1. The van der Waals surface area contributed by atoms with Gasteiger partial charge in [-0.15, -0.1) is 0 Å². The molecule has 0 saturated heterocycles. The van der Waals surface area contributed by atoms with Gasteiger partial charge < -0.3 is 15.0 Å². The third kappa shape index (κ3) is 3.77. The van der Waals surface area contributed by atoms with Gasteiger partial charge in [-0.1, -0.05) is 12.6 Å². The molecule has 8 heteroatoms. The molecule has 156 valence electrons. The number of carbonyl (C=O) groups excluding carboxylic acids is 1. The maximum Gasteiger partial charge on any atom is 0.247 e. The van der Waals surface area contributed by atoms with Crippen molar-refractivity contribution in [1.82, 2.24) is 19.9 Å². The Morgan fingerprint density at radius 2 is 2.03 bits per heavy atom. The number of amides is 1. The highest BCUT2D eigenvalue weighted by atomic mass is 19.1. The molecule has 0 atom stereocenters. The fraction of sp³-hybridized carbons (Fsp3) is 0. The molecule has 0 radical (unpaired) electrons. The van der Waals surface area contributed by atoms with Crippen molar-refractivity contribution in [2.24, 2.45) is 0 Å². The first-order chi connectivity index (χ1) is 15.6. The van der Waals surface area contributed by atoms with Gasteiger partial charge in [-0.25, -0.2) is 14.4 Å². The Morgan fingerprint density at radius 3 is 2.91 bits per heavy atom. The monoisotopic (exact) mass is 425 g/mol. The van der Waals surface area contributed by atoms with E-state index in [2.05, 4.69) is 31.8 Å². The van der Waals surface area contributed by atoms with Crippen molar-refractivity contribution < 1.29 is 13.9 Å². The van der Waals surface area contributed by atoms with E-state index in [1.54, 1.807) is 42.7 Å². The molecule has 32 heavy (non-hydrogen) atoms. The zero-order valence-electron chi connectivity index (χ0n) is 16.7. The summed E-state index contributed by atoms with van der Waals surface area (Å²) in [5.74, 6) is 0.132. The summed E-state index contributed by atoms with van der Waals surface area (Å²) < 4.78 is 19.5. The smallest absolute Gasteiger partial charge is 0.247 e. The lowest BCUT2D eigenvalue weighted by molar-refractivity contribution is -0.111. The number of aromatic nitrogens is 4. The Morgan fingerprint density at radius 1 is 1.12 bits per heavy atom. The summed E-state index contributed by atoms with van der Waals surface area (Å²) in [6.07, 6.45) is 6.19. The highest BCUT2D eigenvalue weighted by molar-refractivity contribution is 5.99. The molecule has 0 bridgehead atoms. The molecule has 7 nitrogen and oxygen atoms in total. The maximum absolute atomic E-state index is 13.6. The minimum absolute atomic E-state index is 0.283. The van der Waals surface area contributed by atoms with E-state index in [0.717, 1.165) is 11.1 Å². The number of anilines is 1. The van der Waals surface area contributed by atoms with E-state index in [1.165, 1.54) is 24.4 Å². The van der Waals surface area contributed by atoms with Crippen LogP contribution in [0.1, 0.15) is 0 Å². The highest BCUT2D eigenvalue weighted by Crippen LogP contribution is 2.30. The van der Waals surface area contributed by atoms with Crippen LogP contribution in [0.5, 0.6) is 11.6 Å². The molecule has 0 saturated carbocycles. The molecule has 5 aromatic rings. The topological polar surface area (TPSA) is 92.8 Å². The molecular formula is C24H16FN5O2. The Labute approximate surface area is 181 Å². The van der Waals surface area contributed by atoms with E-state index in [-0.39, 0.29) is 17.6 Å². The van der Waals surface area contributed by atoms with E-state index in [0.29, 0.717) is 33.5 Å². The number of H-pyrrole nitrogens is 1. The molecule has 3 heterocycles. The van der Waals surface area contributed by atoms with Crippen LogP contribution >= 0.6 is 0 Å². The first kappa shape index (κ1) is 19.4. The molecule has 5 rings (SSSR count). The van der Waals surface area contributed by atoms with Crippen molar-refractivity contribution in [1.29, 1.82) is 0 Å². The van der Waals surface area contributed by atoms with Gasteiger partial charge >= 0.3 is 0 Å². The van der Waals surface area contributed by atoms with Crippen molar-refractivity contribution in [3.8, 4) is 22.8 Å². The molecule has 1 amide bonds. The Balaban J connectivity index is 1.49. The van der Waals surface area contributed by atoms with Crippen LogP contribution in [-0.2, 0) is 4.79 Å². The van der Waals surface area contributed by atoms with Crippen LogP contribution in [0.25, 0.3) is 33.2 Å². The molecule has 3 aromatic heterocycles. The number of ether oxygens (including phenoxy) is 1. The summed E-state index contributed by atoms with van der Waals surface area (Å²) in [4.78, 5) is 28.0. The highest BCUT2D eigenvalue weighted by Gasteiger charge is 2.12. The Kier molecular flexibility index (Phi) is 4.79. The normalized spacial score (nSPS) is 10.9. The molecule has 0 fully saturated rings. The third-order valence-electron chi connectivity index (χ3n) is 4.82. The quantitative estimate of drug-likeness (QED) is 0.376. The first-order valence-electron chi connectivity index (χ1n) is 9.70. The number of rotatable bonds is 5. The third-order valence-corrected chi connectivity index (χ3v) is 4.82. The second kappa shape index (κ2) is 7.92. The average Bonchev–Trinajstić information content (AvgIpc) is 3.22. The van der Waals surface area contributed by atoms with Crippen LogP contribution in [0.3, 0.4) is 0 Å². The van der Waals surface area contributed by atoms with E-state index >= 15 is 0 Å². The summed E-state index contributed by atoms with van der Waals surface area (Å²) in [6, 6.07) is 13.2. The SMILES string of the molecule is C=CC(=O)Nc1cccc(Oc2cnc3[nH]cc(-c4cnc5ccc(F)cc5c4)c3n2)c1. The van der Waals surface area contributed by atoms with Crippen molar-refractivity contribution in [3.05, 3.63) is 85.6 Å². The maximum atomic E-state index is 13.6. The fourth-order valence-corrected chi connectivity index (χ4v) is 3.35. The van der Waals surface area contributed by atoms with E-state index in [9.17, 15) is 9.18 Å². The molecule has 0 unspecified atom stereocenters. The summed E-state index contributed by atoms with van der Waals surface area (Å²) in [5.41, 5.74) is 3.99. The lowest BCUT2D eigenvalue weighted by Crippen LogP contribution is -2.07. The predicted octanol–water partition coefficient (Wildman–Crippen LogP) is 5.23. The number of aromatic amines is 1. The number of fused-ring (bicyclic) bond motifs is 2. The molecule has 0 aliphatic rings. The Bertz CT molecular complexity index is 1490. The van der Waals surface area contributed by atoms with Crippen LogP contribution < -0.4 is 10.1 Å². The minimum atomic E-state index is -0.322. The summed E-state index contributed by atoms with van der Waals surface area (Å²) in [7, 11) is 0. The molecule has 2 aromatic carbocycles. The van der Waals surface area contributed by atoms with Crippen molar-refractivity contribution in [2.75, 3.05) is 5.32 Å². The van der Waals surface area contributed by atoms with Crippen LogP contribution in [0.4, 0.5) is 10.1 Å². The van der Waals surface area contributed by atoms with Gasteiger partial charge in [0.05, 0.1) is 11.7 Å². The molecular weight excluding hydrogens is 409 g/mol. The first-order valence-corrected chi connectivity index (χ1v) is 9.70. The standard InChI is InChI=1S/C24H16FN5O2/c1-2-21(31)29-17-4-3-5-18(10-17)32-22-13-28-24-23(30-22)19(12-27-24)15-8-14-9-16(25)6-7-20(14)26-11-15/h2-13H,1H2,(H,27,28)(H,29,31). The van der Waals surface area contributed by atoms with Crippen molar-refractivity contribution in [2.45, 2.75) is 0 Å².